The summed E-state index contributed by atoms with van der Waals surface area (Å²) in [6, 6.07) is 3.92. The summed E-state index contributed by atoms with van der Waals surface area (Å²) in [5.74, 6) is -1.87. The standard InChI is InChI=1S/C11H7BrF3NO3/c1-18-10(17)8-3-6(4-12)2-7(5-16)9(8)19-11(13,14)15/h2-3H,4H2,1H3. The van der Waals surface area contributed by atoms with Gasteiger partial charge in [0.1, 0.15) is 11.6 Å². The van der Waals surface area contributed by atoms with Gasteiger partial charge in [0.15, 0.2) is 5.75 Å². The van der Waals surface area contributed by atoms with Crippen LogP contribution in [-0.2, 0) is 10.1 Å². The van der Waals surface area contributed by atoms with Crippen molar-refractivity contribution >= 4 is 21.9 Å². The van der Waals surface area contributed by atoms with Gasteiger partial charge in [0.25, 0.3) is 0 Å². The Kier molecular flexibility index (Phi) is 4.78. The molecule has 1 aromatic rings. The van der Waals surface area contributed by atoms with E-state index in [1.54, 1.807) is 6.07 Å². The van der Waals surface area contributed by atoms with Crippen LogP contribution in [0.4, 0.5) is 13.2 Å². The van der Waals surface area contributed by atoms with Gasteiger partial charge >= 0.3 is 12.3 Å². The minimum atomic E-state index is -5.01. The van der Waals surface area contributed by atoms with Crippen molar-refractivity contribution < 1.29 is 27.4 Å². The van der Waals surface area contributed by atoms with Crippen LogP contribution in [0.3, 0.4) is 0 Å². The fraction of sp³-hybridized carbons (Fsp3) is 0.273. The average molecular weight is 338 g/mol. The number of ether oxygens (including phenoxy) is 2. The number of methoxy groups -OCH3 is 1. The maximum atomic E-state index is 12.3. The van der Waals surface area contributed by atoms with Crippen LogP contribution < -0.4 is 4.74 Å². The zero-order chi connectivity index (χ0) is 14.6. The highest BCUT2D eigenvalue weighted by molar-refractivity contribution is 9.08. The van der Waals surface area contributed by atoms with Crippen molar-refractivity contribution in [2.45, 2.75) is 11.7 Å². The Morgan fingerprint density at radius 3 is 2.53 bits per heavy atom. The van der Waals surface area contributed by atoms with Gasteiger partial charge in [-0.1, -0.05) is 15.9 Å². The van der Waals surface area contributed by atoms with Crippen molar-refractivity contribution in [2.24, 2.45) is 0 Å². The molecule has 0 amide bonds. The zero-order valence-electron chi connectivity index (χ0n) is 9.55. The minimum absolute atomic E-state index is 0.262. The molecule has 19 heavy (non-hydrogen) atoms. The average Bonchev–Trinajstić information content (AvgIpc) is 2.36. The molecule has 102 valence electrons. The molecule has 0 heterocycles. The van der Waals surface area contributed by atoms with Gasteiger partial charge in [0, 0.05) is 5.33 Å². The van der Waals surface area contributed by atoms with Crippen molar-refractivity contribution in [3.8, 4) is 11.8 Å². The van der Waals surface area contributed by atoms with Crippen LogP contribution in [-0.4, -0.2) is 19.4 Å². The second kappa shape index (κ2) is 5.93. The number of nitrogens with zero attached hydrogens (tertiary/aromatic N) is 1. The molecule has 0 aliphatic carbocycles. The van der Waals surface area contributed by atoms with Gasteiger partial charge in [-0.3, -0.25) is 0 Å². The number of alkyl halides is 4. The molecule has 0 spiro atoms. The number of carbonyl (C=O) groups excluding carboxylic acids is 1. The van der Waals surface area contributed by atoms with E-state index in [1.807, 2.05) is 0 Å². The Morgan fingerprint density at radius 2 is 2.11 bits per heavy atom. The van der Waals surface area contributed by atoms with Gasteiger partial charge in [-0.15, -0.1) is 13.2 Å². The van der Waals surface area contributed by atoms with Crippen molar-refractivity contribution in [1.82, 2.24) is 0 Å². The molecular formula is C11H7BrF3NO3. The number of hydrogen-bond acceptors (Lipinski definition) is 4. The van der Waals surface area contributed by atoms with E-state index in [0.717, 1.165) is 7.11 Å². The summed E-state index contributed by atoms with van der Waals surface area (Å²) in [4.78, 5) is 11.5. The Bertz CT molecular complexity index is 537. The molecule has 0 unspecified atom stereocenters. The highest BCUT2D eigenvalue weighted by Gasteiger charge is 2.35. The molecule has 1 aromatic carbocycles. The van der Waals surface area contributed by atoms with Crippen LogP contribution in [0.1, 0.15) is 21.5 Å². The first-order valence-electron chi connectivity index (χ1n) is 4.79. The predicted molar refractivity (Wildman–Crippen MR) is 61.8 cm³/mol. The largest absolute Gasteiger partial charge is 0.573 e. The van der Waals surface area contributed by atoms with Gasteiger partial charge in [0.05, 0.1) is 12.7 Å². The quantitative estimate of drug-likeness (QED) is 0.628. The topological polar surface area (TPSA) is 59.3 Å². The normalized spacial score (nSPS) is 10.7. The fourth-order valence-electron chi connectivity index (χ4n) is 1.34. The first-order valence-corrected chi connectivity index (χ1v) is 5.91. The van der Waals surface area contributed by atoms with Crippen molar-refractivity contribution in [3.05, 3.63) is 28.8 Å². The van der Waals surface area contributed by atoms with E-state index in [0.29, 0.717) is 5.56 Å². The summed E-state index contributed by atoms with van der Waals surface area (Å²) in [7, 11) is 1.02. The Labute approximate surface area is 114 Å². The van der Waals surface area contributed by atoms with Crippen molar-refractivity contribution in [2.75, 3.05) is 7.11 Å². The van der Waals surface area contributed by atoms with Gasteiger partial charge in [-0.25, -0.2) is 4.79 Å². The van der Waals surface area contributed by atoms with E-state index in [9.17, 15) is 18.0 Å². The van der Waals surface area contributed by atoms with Crippen LogP contribution in [0.2, 0.25) is 0 Å². The smallest absolute Gasteiger partial charge is 0.465 e. The van der Waals surface area contributed by atoms with Crippen LogP contribution in [0.25, 0.3) is 0 Å². The summed E-state index contributed by atoms with van der Waals surface area (Å²) in [6.07, 6.45) is -5.01. The number of rotatable bonds is 3. The minimum Gasteiger partial charge on any atom is -0.465 e. The maximum Gasteiger partial charge on any atom is 0.573 e. The number of benzene rings is 1. The van der Waals surface area contributed by atoms with Crippen LogP contribution in [0, 0.1) is 11.3 Å². The summed E-state index contributed by atoms with van der Waals surface area (Å²) in [5.41, 5.74) is -0.394. The lowest BCUT2D eigenvalue weighted by Crippen LogP contribution is -2.20. The third kappa shape index (κ3) is 3.86. The number of carbonyl (C=O) groups is 1. The van der Waals surface area contributed by atoms with Crippen LogP contribution in [0.15, 0.2) is 12.1 Å². The SMILES string of the molecule is COC(=O)c1cc(CBr)cc(C#N)c1OC(F)(F)F. The maximum absolute atomic E-state index is 12.3. The second-order valence-electron chi connectivity index (χ2n) is 3.30. The Morgan fingerprint density at radius 1 is 1.47 bits per heavy atom. The lowest BCUT2D eigenvalue weighted by Gasteiger charge is -2.14. The second-order valence-corrected chi connectivity index (χ2v) is 3.87. The van der Waals surface area contributed by atoms with Gasteiger partial charge in [0.2, 0.25) is 0 Å². The van der Waals surface area contributed by atoms with E-state index < -0.39 is 29.2 Å². The number of halogens is 4. The van der Waals surface area contributed by atoms with E-state index >= 15 is 0 Å². The molecule has 0 atom stereocenters. The third-order valence-corrected chi connectivity index (χ3v) is 2.69. The summed E-state index contributed by atoms with van der Waals surface area (Å²) >= 11 is 3.09. The van der Waals surface area contributed by atoms with Gasteiger partial charge < -0.3 is 9.47 Å². The van der Waals surface area contributed by atoms with Gasteiger partial charge in [-0.05, 0) is 17.7 Å². The third-order valence-electron chi connectivity index (χ3n) is 2.05. The first kappa shape index (κ1) is 15.3. The van der Waals surface area contributed by atoms with E-state index in [2.05, 4.69) is 25.4 Å². The predicted octanol–water partition coefficient (Wildman–Crippen LogP) is 3.14. The molecule has 0 aliphatic rings. The summed E-state index contributed by atoms with van der Waals surface area (Å²) in [6.45, 7) is 0. The molecule has 0 fully saturated rings. The molecule has 0 aliphatic heterocycles. The molecule has 0 N–H and O–H groups in total. The van der Waals surface area contributed by atoms with Crippen molar-refractivity contribution in [1.29, 1.82) is 5.26 Å². The first-order chi connectivity index (χ1) is 8.82. The summed E-state index contributed by atoms with van der Waals surface area (Å²) < 4.78 is 45.0. The number of esters is 1. The van der Waals surface area contributed by atoms with Crippen LogP contribution in [0.5, 0.6) is 5.75 Å². The Hall–Kier alpha value is -1.75. The number of nitriles is 1. The molecule has 0 aromatic heterocycles. The summed E-state index contributed by atoms with van der Waals surface area (Å²) in [5, 5.41) is 9.11. The van der Waals surface area contributed by atoms with Gasteiger partial charge in [-0.2, -0.15) is 5.26 Å². The van der Waals surface area contributed by atoms with E-state index in [-0.39, 0.29) is 5.33 Å². The lowest BCUT2D eigenvalue weighted by molar-refractivity contribution is -0.274. The van der Waals surface area contributed by atoms with E-state index in [1.165, 1.54) is 12.1 Å². The van der Waals surface area contributed by atoms with Crippen molar-refractivity contribution in [3.63, 3.8) is 0 Å². The molecule has 8 heteroatoms. The highest BCUT2D eigenvalue weighted by Crippen LogP contribution is 2.32. The molecule has 0 saturated heterocycles. The fourth-order valence-corrected chi connectivity index (χ4v) is 1.66. The molecule has 0 radical (unpaired) electrons. The van der Waals surface area contributed by atoms with E-state index in [4.69, 9.17) is 5.26 Å². The molecule has 1 rings (SSSR count). The molecule has 4 nitrogen and oxygen atoms in total. The molecular weight excluding hydrogens is 331 g/mol. The number of hydrogen-bond donors (Lipinski definition) is 0. The Balaban J connectivity index is 3.47. The molecule has 0 saturated carbocycles. The monoisotopic (exact) mass is 337 g/mol. The highest BCUT2D eigenvalue weighted by atomic mass is 79.9. The molecule has 0 bridgehead atoms. The van der Waals surface area contributed by atoms with Crippen LogP contribution >= 0.6 is 15.9 Å². The lowest BCUT2D eigenvalue weighted by atomic mass is 10.1. The zero-order valence-corrected chi connectivity index (χ0v) is 11.1.